The molecule has 2 aromatic rings. The van der Waals surface area contributed by atoms with Crippen molar-refractivity contribution in [2.45, 2.75) is 0 Å². The summed E-state index contributed by atoms with van der Waals surface area (Å²) >= 11 is 3.26. The number of ether oxygens (including phenoxy) is 1. The molecule has 0 aliphatic heterocycles. The van der Waals surface area contributed by atoms with Crippen LogP contribution in [0.3, 0.4) is 0 Å². The van der Waals surface area contributed by atoms with Crippen LogP contribution in [0.25, 0.3) is 0 Å². The zero-order valence-electron chi connectivity index (χ0n) is 10.6. The highest BCUT2D eigenvalue weighted by Gasteiger charge is 2.09. The molecule has 104 valence electrons. The van der Waals surface area contributed by atoms with Crippen LogP contribution in [0.5, 0.6) is 0 Å². The zero-order chi connectivity index (χ0) is 14.5. The molecule has 0 atom stereocenters. The fourth-order valence-corrected chi connectivity index (χ4v) is 1.88. The summed E-state index contributed by atoms with van der Waals surface area (Å²) in [7, 11) is 1.28. The molecule has 1 heterocycles. The average molecular weight is 338 g/mol. The summed E-state index contributed by atoms with van der Waals surface area (Å²) in [5, 5.41) is 5.24. The molecule has 7 heteroatoms. The normalized spacial score (nSPS) is 9.90. The van der Waals surface area contributed by atoms with E-state index in [1.807, 2.05) is 0 Å². The molecule has 0 radical (unpaired) electrons. The Kier molecular flexibility index (Phi) is 4.41. The molecule has 0 bridgehead atoms. The number of amides is 2. The van der Waals surface area contributed by atoms with Gasteiger partial charge >= 0.3 is 6.09 Å². The van der Waals surface area contributed by atoms with Crippen molar-refractivity contribution in [1.82, 2.24) is 4.98 Å². The van der Waals surface area contributed by atoms with E-state index in [0.29, 0.717) is 17.1 Å². The van der Waals surface area contributed by atoms with E-state index in [1.54, 1.807) is 36.5 Å². The van der Waals surface area contributed by atoms with E-state index >= 15 is 0 Å². The molecule has 0 fully saturated rings. The molecule has 0 aliphatic carbocycles. The highest BCUT2D eigenvalue weighted by Crippen LogP contribution is 2.17. The van der Waals surface area contributed by atoms with Gasteiger partial charge in [-0.1, -0.05) is 6.07 Å². The van der Waals surface area contributed by atoms with Crippen LogP contribution < -0.4 is 10.6 Å². The Bertz CT molecular complexity index is 639. The molecule has 3 N–H and O–H groups in total. The van der Waals surface area contributed by atoms with Crippen molar-refractivity contribution in [3.8, 4) is 0 Å². The average Bonchev–Trinajstić information content (AvgIpc) is 2.86. The van der Waals surface area contributed by atoms with Crippen LogP contribution in [0.1, 0.15) is 10.5 Å². The van der Waals surface area contributed by atoms with Gasteiger partial charge in [0.2, 0.25) is 0 Å². The van der Waals surface area contributed by atoms with Gasteiger partial charge < -0.3 is 15.0 Å². The standard InChI is InChI=1S/C13H12BrN3O3/c1-20-13(19)17-10-4-2-3-9(6-10)16-12(18)11-5-8(14)7-15-11/h2-7,15H,1H3,(H,16,18)(H,17,19). The number of halogens is 1. The Labute approximate surface area is 123 Å². The van der Waals surface area contributed by atoms with Gasteiger partial charge in [-0.25, -0.2) is 4.79 Å². The summed E-state index contributed by atoms with van der Waals surface area (Å²) in [5.41, 5.74) is 1.53. The smallest absolute Gasteiger partial charge is 0.411 e. The lowest BCUT2D eigenvalue weighted by atomic mass is 10.2. The Morgan fingerprint density at radius 3 is 2.50 bits per heavy atom. The van der Waals surface area contributed by atoms with E-state index < -0.39 is 6.09 Å². The lowest BCUT2D eigenvalue weighted by Gasteiger charge is -2.07. The number of benzene rings is 1. The summed E-state index contributed by atoms with van der Waals surface area (Å²) in [6.45, 7) is 0. The molecule has 2 rings (SSSR count). The van der Waals surface area contributed by atoms with Gasteiger partial charge in [0.15, 0.2) is 0 Å². The third kappa shape index (κ3) is 3.61. The minimum Gasteiger partial charge on any atom is -0.453 e. The van der Waals surface area contributed by atoms with Crippen molar-refractivity contribution in [2.75, 3.05) is 17.7 Å². The van der Waals surface area contributed by atoms with Crippen LogP contribution >= 0.6 is 15.9 Å². The van der Waals surface area contributed by atoms with Gasteiger partial charge in [0.1, 0.15) is 5.69 Å². The van der Waals surface area contributed by atoms with Gasteiger partial charge in [-0.2, -0.15) is 0 Å². The topological polar surface area (TPSA) is 83.2 Å². The second kappa shape index (κ2) is 6.25. The number of nitrogens with one attached hydrogen (secondary N) is 3. The summed E-state index contributed by atoms with van der Waals surface area (Å²) in [6.07, 6.45) is 1.10. The SMILES string of the molecule is COC(=O)Nc1cccc(NC(=O)c2cc(Br)c[nH]2)c1. The maximum atomic E-state index is 11.9. The predicted molar refractivity (Wildman–Crippen MR) is 78.9 cm³/mol. The summed E-state index contributed by atoms with van der Waals surface area (Å²) in [6, 6.07) is 8.43. The molecule has 1 aromatic carbocycles. The molecule has 0 spiro atoms. The van der Waals surface area contributed by atoms with E-state index in [0.717, 1.165) is 4.47 Å². The maximum Gasteiger partial charge on any atom is 0.411 e. The summed E-state index contributed by atoms with van der Waals surface area (Å²) in [4.78, 5) is 25.9. The third-order valence-corrected chi connectivity index (χ3v) is 2.90. The number of H-pyrrole nitrogens is 1. The van der Waals surface area contributed by atoms with Crippen LogP contribution in [0.2, 0.25) is 0 Å². The van der Waals surface area contributed by atoms with Crippen molar-refractivity contribution in [1.29, 1.82) is 0 Å². The van der Waals surface area contributed by atoms with E-state index in [9.17, 15) is 9.59 Å². The lowest BCUT2D eigenvalue weighted by molar-refractivity contribution is 0.102. The van der Waals surface area contributed by atoms with Gasteiger partial charge in [-0.15, -0.1) is 0 Å². The summed E-state index contributed by atoms with van der Waals surface area (Å²) < 4.78 is 5.29. The molecular weight excluding hydrogens is 326 g/mol. The molecule has 0 unspecified atom stereocenters. The first-order chi connectivity index (χ1) is 9.58. The quantitative estimate of drug-likeness (QED) is 0.804. The predicted octanol–water partition coefficient (Wildman–Crippen LogP) is 3.21. The zero-order valence-corrected chi connectivity index (χ0v) is 12.2. The molecule has 0 aliphatic rings. The lowest BCUT2D eigenvalue weighted by Crippen LogP contribution is -2.13. The van der Waals surface area contributed by atoms with Crippen molar-refractivity contribution >= 4 is 39.3 Å². The Hall–Kier alpha value is -2.28. The number of aromatic amines is 1. The van der Waals surface area contributed by atoms with Gasteiger partial charge in [0.25, 0.3) is 5.91 Å². The van der Waals surface area contributed by atoms with Crippen LogP contribution in [0, 0.1) is 0 Å². The number of hydrogen-bond donors (Lipinski definition) is 3. The van der Waals surface area contributed by atoms with Crippen molar-refractivity contribution in [2.24, 2.45) is 0 Å². The van der Waals surface area contributed by atoms with E-state index in [-0.39, 0.29) is 5.91 Å². The monoisotopic (exact) mass is 337 g/mol. The number of hydrogen-bond acceptors (Lipinski definition) is 3. The molecule has 0 saturated carbocycles. The van der Waals surface area contributed by atoms with Crippen molar-refractivity contribution < 1.29 is 14.3 Å². The molecule has 1 aromatic heterocycles. The highest BCUT2D eigenvalue weighted by molar-refractivity contribution is 9.10. The van der Waals surface area contributed by atoms with Crippen LogP contribution in [-0.2, 0) is 4.74 Å². The highest BCUT2D eigenvalue weighted by atomic mass is 79.9. The second-order valence-electron chi connectivity index (χ2n) is 3.88. The Morgan fingerprint density at radius 2 is 1.90 bits per heavy atom. The fourth-order valence-electron chi connectivity index (χ4n) is 1.54. The van der Waals surface area contributed by atoms with Crippen LogP contribution in [0.15, 0.2) is 41.0 Å². The van der Waals surface area contributed by atoms with Gasteiger partial charge in [-0.05, 0) is 40.2 Å². The number of rotatable bonds is 3. The van der Waals surface area contributed by atoms with Gasteiger partial charge in [0.05, 0.1) is 7.11 Å². The first-order valence-corrected chi connectivity index (χ1v) is 6.48. The first kappa shape index (κ1) is 14.1. The molecule has 20 heavy (non-hydrogen) atoms. The minimum absolute atomic E-state index is 0.272. The Morgan fingerprint density at radius 1 is 1.20 bits per heavy atom. The number of carbonyl (C=O) groups is 2. The van der Waals surface area contributed by atoms with Crippen molar-refractivity contribution in [3.63, 3.8) is 0 Å². The largest absolute Gasteiger partial charge is 0.453 e. The molecule has 0 saturated heterocycles. The van der Waals surface area contributed by atoms with E-state index in [1.165, 1.54) is 7.11 Å². The molecule has 6 nitrogen and oxygen atoms in total. The van der Waals surface area contributed by atoms with Crippen LogP contribution in [0.4, 0.5) is 16.2 Å². The third-order valence-electron chi connectivity index (χ3n) is 2.44. The fraction of sp³-hybridized carbons (Fsp3) is 0.0769. The number of anilines is 2. The molecular formula is C13H12BrN3O3. The van der Waals surface area contributed by atoms with Crippen LogP contribution in [-0.4, -0.2) is 24.1 Å². The Balaban J connectivity index is 2.08. The number of aromatic nitrogens is 1. The van der Waals surface area contributed by atoms with Gasteiger partial charge in [-0.3, -0.25) is 10.1 Å². The van der Waals surface area contributed by atoms with E-state index in [2.05, 4.69) is 36.3 Å². The maximum absolute atomic E-state index is 11.9. The van der Waals surface area contributed by atoms with Gasteiger partial charge in [0, 0.05) is 22.0 Å². The minimum atomic E-state index is -0.568. The summed E-state index contributed by atoms with van der Waals surface area (Å²) in [5.74, 6) is -0.272. The van der Waals surface area contributed by atoms with Crippen molar-refractivity contribution in [3.05, 3.63) is 46.7 Å². The van der Waals surface area contributed by atoms with E-state index in [4.69, 9.17) is 0 Å². The number of methoxy groups -OCH3 is 1. The first-order valence-electron chi connectivity index (χ1n) is 5.69. The number of carbonyl (C=O) groups excluding carboxylic acids is 2. The second-order valence-corrected chi connectivity index (χ2v) is 4.80. The molecule has 2 amide bonds.